The minimum atomic E-state index is 0.532. The highest BCUT2D eigenvalue weighted by Gasteiger charge is 2.17. The summed E-state index contributed by atoms with van der Waals surface area (Å²) in [6.45, 7) is 7.60. The minimum Gasteiger partial charge on any atom is -0.370 e. The normalized spacial score (nSPS) is 16.9. The summed E-state index contributed by atoms with van der Waals surface area (Å²) >= 11 is 0. The molecule has 0 aliphatic carbocycles. The van der Waals surface area contributed by atoms with E-state index in [0.29, 0.717) is 6.04 Å². The first-order valence-corrected chi connectivity index (χ1v) is 8.28. The second kappa shape index (κ2) is 8.17. The largest absolute Gasteiger partial charge is 0.370 e. The average Bonchev–Trinajstić information content (AvgIpc) is 2.48. The third-order valence-corrected chi connectivity index (χ3v) is 3.87. The summed E-state index contributed by atoms with van der Waals surface area (Å²) in [5.41, 5.74) is 0. The highest BCUT2D eigenvalue weighted by Crippen LogP contribution is 2.17. The topological polar surface area (TPSA) is 53.1 Å². The number of nitrogens with zero attached hydrogens (tertiary/aromatic N) is 3. The third-order valence-electron chi connectivity index (χ3n) is 3.87. The van der Waals surface area contributed by atoms with Crippen LogP contribution in [0.2, 0.25) is 0 Å². The number of anilines is 2. The molecule has 1 aromatic rings. The van der Waals surface area contributed by atoms with Gasteiger partial charge in [-0.05, 0) is 45.8 Å². The number of piperidine rings is 1. The Labute approximate surface area is 128 Å². The molecule has 118 valence electrons. The van der Waals surface area contributed by atoms with Crippen LogP contribution in [-0.2, 0) is 6.42 Å². The highest BCUT2D eigenvalue weighted by molar-refractivity contribution is 5.48. The number of aromatic nitrogens is 2. The first-order valence-electron chi connectivity index (χ1n) is 8.28. The molecule has 5 nitrogen and oxygen atoms in total. The Bertz CT molecular complexity index is 427. The molecule has 1 fully saturated rings. The zero-order chi connectivity index (χ0) is 15.1. The van der Waals surface area contributed by atoms with Gasteiger partial charge in [0.2, 0.25) is 0 Å². The molecule has 0 spiro atoms. The monoisotopic (exact) mass is 291 g/mol. The molecule has 21 heavy (non-hydrogen) atoms. The van der Waals surface area contributed by atoms with E-state index < -0.39 is 0 Å². The van der Waals surface area contributed by atoms with Gasteiger partial charge < -0.3 is 15.5 Å². The Hall–Kier alpha value is -1.36. The number of hydrogen-bond donors (Lipinski definition) is 2. The summed E-state index contributed by atoms with van der Waals surface area (Å²) in [6.07, 6.45) is 5.47. The quantitative estimate of drug-likeness (QED) is 0.809. The zero-order valence-corrected chi connectivity index (χ0v) is 13.7. The summed E-state index contributed by atoms with van der Waals surface area (Å²) in [5.74, 6) is 2.86. The van der Waals surface area contributed by atoms with Crippen LogP contribution in [0.25, 0.3) is 0 Å². The Morgan fingerprint density at radius 3 is 2.52 bits per heavy atom. The summed E-state index contributed by atoms with van der Waals surface area (Å²) in [6, 6.07) is 2.58. The van der Waals surface area contributed by atoms with Crippen LogP contribution in [0.1, 0.15) is 45.4 Å². The second-order valence-electron chi connectivity index (χ2n) is 5.95. The van der Waals surface area contributed by atoms with Crippen LogP contribution in [0, 0.1) is 0 Å². The maximum absolute atomic E-state index is 4.67. The number of aryl methyl sites for hydroxylation is 1. The molecular formula is C16H29N5. The van der Waals surface area contributed by atoms with Gasteiger partial charge in [0.15, 0.2) is 0 Å². The van der Waals surface area contributed by atoms with Crippen molar-refractivity contribution in [2.45, 2.75) is 52.0 Å². The van der Waals surface area contributed by atoms with Crippen molar-refractivity contribution in [1.82, 2.24) is 14.9 Å². The molecule has 2 heterocycles. The molecule has 0 aromatic carbocycles. The highest BCUT2D eigenvalue weighted by atomic mass is 15.1. The van der Waals surface area contributed by atoms with Crippen molar-refractivity contribution in [2.75, 3.05) is 37.3 Å². The van der Waals surface area contributed by atoms with Crippen molar-refractivity contribution in [1.29, 1.82) is 0 Å². The van der Waals surface area contributed by atoms with Gasteiger partial charge in [-0.3, -0.25) is 0 Å². The fourth-order valence-electron chi connectivity index (χ4n) is 2.61. The summed E-state index contributed by atoms with van der Waals surface area (Å²) in [7, 11) is 2.19. The van der Waals surface area contributed by atoms with E-state index in [-0.39, 0.29) is 0 Å². The zero-order valence-electron chi connectivity index (χ0n) is 13.7. The van der Waals surface area contributed by atoms with Crippen LogP contribution in [0.5, 0.6) is 0 Å². The second-order valence-corrected chi connectivity index (χ2v) is 5.95. The van der Waals surface area contributed by atoms with Gasteiger partial charge in [0.05, 0.1) is 0 Å². The molecule has 0 saturated carbocycles. The van der Waals surface area contributed by atoms with Crippen LogP contribution in [-0.4, -0.2) is 47.6 Å². The molecule has 2 N–H and O–H groups in total. The average molecular weight is 291 g/mol. The summed E-state index contributed by atoms with van der Waals surface area (Å²) in [4.78, 5) is 11.6. The molecule has 0 radical (unpaired) electrons. The lowest BCUT2D eigenvalue weighted by Crippen LogP contribution is -2.37. The molecule has 0 bridgehead atoms. The van der Waals surface area contributed by atoms with E-state index in [1.165, 1.54) is 12.8 Å². The van der Waals surface area contributed by atoms with E-state index in [9.17, 15) is 0 Å². The Morgan fingerprint density at radius 2 is 1.86 bits per heavy atom. The molecule has 1 aliphatic rings. The van der Waals surface area contributed by atoms with E-state index in [1.807, 2.05) is 6.07 Å². The van der Waals surface area contributed by atoms with Gasteiger partial charge in [-0.25, -0.2) is 9.97 Å². The van der Waals surface area contributed by atoms with Crippen LogP contribution < -0.4 is 10.6 Å². The molecule has 5 heteroatoms. The van der Waals surface area contributed by atoms with Gasteiger partial charge in [0.1, 0.15) is 17.5 Å². The number of hydrogen-bond acceptors (Lipinski definition) is 5. The van der Waals surface area contributed by atoms with Crippen LogP contribution in [0.4, 0.5) is 11.6 Å². The molecule has 0 unspecified atom stereocenters. The smallest absolute Gasteiger partial charge is 0.133 e. The van der Waals surface area contributed by atoms with Gasteiger partial charge in [-0.2, -0.15) is 0 Å². The van der Waals surface area contributed by atoms with Crippen LogP contribution in [0.3, 0.4) is 0 Å². The van der Waals surface area contributed by atoms with Gasteiger partial charge in [0, 0.05) is 25.1 Å². The SMILES string of the molecule is CCCNc1cc(NC2CCN(C)CC2)nc(CCC)n1. The molecular weight excluding hydrogens is 262 g/mol. The van der Waals surface area contributed by atoms with Gasteiger partial charge in [-0.15, -0.1) is 0 Å². The standard InChI is InChI=1S/C16H29N5/c1-4-6-14-19-15(17-9-5-2)12-16(20-14)18-13-7-10-21(3)11-8-13/h12-13H,4-11H2,1-3H3,(H2,17,18,19,20). The Kier molecular flexibility index (Phi) is 6.23. The van der Waals surface area contributed by atoms with Crippen molar-refractivity contribution < 1.29 is 0 Å². The van der Waals surface area contributed by atoms with Crippen molar-refractivity contribution in [2.24, 2.45) is 0 Å². The first-order chi connectivity index (χ1) is 10.2. The fraction of sp³-hybridized carbons (Fsp3) is 0.750. The van der Waals surface area contributed by atoms with E-state index >= 15 is 0 Å². The van der Waals surface area contributed by atoms with E-state index in [2.05, 4.69) is 46.4 Å². The van der Waals surface area contributed by atoms with Gasteiger partial charge in [0.25, 0.3) is 0 Å². The van der Waals surface area contributed by atoms with Gasteiger partial charge >= 0.3 is 0 Å². The lowest BCUT2D eigenvalue weighted by Gasteiger charge is -2.29. The number of likely N-dealkylation sites (tertiary alicyclic amines) is 1. The molecule has 1 aromatic heterocycles. The Balaban J connectivity index is 2.03. The van der Waals surface area contributed by atoms with E-state index in [0.717, 1.165) is 56.4 Å². The van der Waals surface area contributed by atoms with Crippen molar-refractivity contribution in [3.63, 3.8) is 0 Å². The van der Waals surface area contributed by atoms with Crippen molar-refractivity contribution in [3.8, 4) is 0 Å². The number of rotatable bonds is 7. The maximum Gasteiger partial charge on any atom is 0.133 e. The lowest BCUT2D eigenvalue weighted by molar-refractivity contribution is 0.263. The van der Waals surface area contributed by atoms with E-state index in [1.54, 1.807) is 0 Å². The first kappa shape index (κ1) is 16.0. The summed E-state index contributed by atoms with van der Waals surface area (Å²) < 4.78 is 0. The molecule has 2 rings (SSSR count). The predicted molar refractivity (Wildman–Crippen MR) is 88.9 cm³/mol. The number of nitrogens with one attached hydrogen (secondary N) is 2. The van der Waals surface area contributed by atoms with E-state index in [4.69, 9.17) is 0 Å². The maximum atomic E-state index is 4.67. The molecule has 1 aliphatic heterocycles. The van der Waals surface area contributed by atoms with Crippen molar-refractivity contribution >= 4 is 11.6 Å². The molecule has 0 atom stereocenters. The van der Waals surface area contributed by atoms with Crippen LogP contribution >= 0.6 is 0 Å². The fourth-order valence-corrected chi connectivity index (χ4v) is 2.61. The van der Waals surface area contributed by atoms with Crippen molar-refractivity contribution in [3.05, 3.63) is 11.9 Å². The van der Waals surface area contributed by atoms with Gasteiger partial charge in [-0.1, -0.05) is 13.8 Å². The van der Waals surface area contributed by atoms with Crippen LogP contribution in [0.15, 0.2) is 6.07 Å². The predicted octanol–water partition coefficient (Wildman–Crippen LogP) is 2.76. The minimum absolute atomic E-state index is 0.532. The third kappa shape index (κ3) is 5.16. The summed E-state index contributed by atoms with van der Waals surface area (Å²) in [5, 5.41) is 6.98. The Morgan fingerprint density at radius 1 is 1.14 bits per heavy atom. The lowest BCUT2D eigenvalue weighted by atomic mass is 10.1. The molecule has 0 amide bonds. The molecule has 1 saturated heterocycles.